The highest BCUT2D eigenvalue weighted by atomic mass is 32.2. The molecule has 2 aliphatic rings. The largest absolute Gasteiger partial charge is 0.477 e. The van der Waals surface area contributed by atoms with Crippen LogP contribution in [-0.4, -0.2) is 78.6 Å². The second-order valence-electron chi connectivity index (χ2n) is 5.80. The number of carboxylic acid groups (broad SMARTS) is 1. The maximum absolute atomic E-state index is 12.5. The molecule has 0 radical (unpaired) electrons. The van der Waals surface area contributed by atoms with Crippen LogP contribution >= 0.6 is 11.8 Å². The quantitative estimate of drug-likeness (QED) is 0.130. The molecule has 3 heterocycles. The zero-order valence-electron chi connectivity index (χ0n) is 14.7. The number of thioether (sulfide) groups is 1. The second kappa shape index (κ2) is 7.78. The van der Waals surface area contributed by atoms with Crippen LogP contribution in [-0.2, 0) is 23.9 Å². The summed E-state index contributed by atoms with van der Waals surface area (Å²) in [6.07, 6.45) is 0. The van der Waals surface area contributed by atoms with E-state index in [-0.39, 0.29) is 29.6 Å². The van der Waals surface area contributed by atoms with Crippen molar-refractivity contribution < 1.29 is 38.8 Å². The molecule has 1 saturated heterocycles. The molecule has 1 fully saturated rings. The van der Waals surface area contributed by atoms with Gasteiger partial charge in [-0.3, -0.25) is 19.3 Å². The van der Waals surface area contributed by atoms with Crippen LogP contribution in [0.4, 0.5) is 6.01 Å². The number of fused-ring (bicyclic) bond motifs is 1. The summed E-state index contributed by atoms with van der Waals surface area (Å²) in [6.45, 7) is 0.913. The molecule has 0 aliphatic carbocycles. The van der Waals surface area contributed by atoms with Crippen LogP contribution in [0.5, 0.6) is 0 Å². The van der Waals surface area contributed by atoms with Crippen molar-refractivity contribution in [1.82, 2.24) is 20.4 Å². The molecule has 5 N–H and O–H groups in total. The monoisotopic (exact) mass is 426 g/mol. The Morgan fingerprint density at radius 2 is 2.21 bits per heavy atom. The van der Waals surface area contributed by atoms with E-state index in [2.05, 4.69) is 25.1 Å². The highest BCUT2D eigenvalue weighted by molar-refractivity contribution is 8.00. The smallest absolute Gasteiger partial charge is 0.352 e. The van der Waals surface area contributed by atoms with Gasteiger partial charge >= 0.3 is 18.0 Å². The van der Waals surface area contributed by atoms with Crippen molar-refractivity contribution >= 4 is 47.2 Å². The average Bonchev–Trinajstić information content (AvgIpc) is 3.09. The molecule has 3 rings (SSSR count). The maximum atomic E-state index is 12.5. The molecule has 14 nitrogen and oxygen atoms in total. The Labute approximate surface area is 165 Å². The first-order valence-corrected chi connectivity index (χ1v) is 8.95. The van der Waals surface area contributed by atoms with E-state index in [1.165, 1.54) is 18.7 Å². The number of amides is 2. The topological polar surface area (TPSA) is 211 Å². The fourth-order valence-electron chi connectivity index (χ4n) is 2.72. The van der Waals surface area contributed by atoms with Gasteiger partial charge in [-0.1, -0.05) is 10.3 Å². The number of nitrogens with two attached hydrogens (primary N) is 1. The molecule has 1 unspecified atom stereocenters. The third kappa shape index (κ3) is 3.71. The normalized spacial score (nSPS) is 21.3. The molecule has 154 valence electrons. The number of esters is 1. The van der Waals surface area contributed by atoms with Gasteiger partial charge in [0.2, 0.25) is 11.5 Å². The first-order chi connectivity index (χ1) is 13.7. The number of carbonyl (C=O) groups excluding carboxylic acids is 3. The zero-order chi connectivity index (χ0) is 21.3. The summed E-state index contributed by atoms with van der Waals surface area (Å²) < 4.78 is 9.34. The minimum absolute atomic E-state index is 0.165. The highest BCUT2D eigenvalue weighted by Gasteiger charge is 2.54. The van der Waals surface area contributed by atoms with Crippen LogP contribution in [0.1, 0.15) is 12.7 Å². The van der Waals surface area contributed by atoms with Gasteiger partial charge in [-0.25, -0.2) is 4.79 Å². The third-order valence-electron chi connectivity index (χ3n) is 3.95. The van der Waals surface area contributed by atoms with Crippen molar-refractivity contribution in [3.63, 3.8) is 0 Å². The molecular formula is C14H14N6O8S. The maximum Gasteiger partial charge on any atom is 0.352 e. The van der Waals surface area contributed by atoms with Gasteiger partial charge in [-0.05, 0) is 0 Å². The van der Waals surface area contributed by atoms with Crippen LogP contribution in [0.3, 0.4) is 0 Å². The Bertz CT molecular complexity index is 956. The third-order valence-corrected chi connectivity index (χ3v) is 5.29. The van der Waals surface area contributed by atoms with Crippen LogP contribution < -0.4 is 11.1 Å². The van der Waals surface area contributed by atoms with E-state index in [1.54, 1.807) is 0 Å². The SMILES string of the molecule is CC(=O)OCC1=C(C(=O)O)N2C(=O)C(NC(=O)C(=NO)c3noc(N)n3)[C@H]2SC1. The molecule has 0 saturated carbocycles. The van der Waals surface area contributed by atoms with Crippen molar-refractivity contribution in [2.45, 2.75) is 18.3 Å². The number of nitrogen functional groups attached to an aromatic ring is 1. The zero-order valence-corrected chi connectivity index (χ0v) is 15.5. The number of β-lactam (4-membered cyclic amide) rings is 1. The van der Waals surface area contributed by atoms with E-state index >= 15 is 0 Å². The lowest BCUT2D eigenvalue weighted by molar-refractivity contribution is -0.150. The Morgan fingerprint density at radius 3 is 2.76 bits per heavy atom. The standard InChI is InChI=1S/C14H14N6O8S/c1-4(21)27-2-5-3-29-12-7(11(23)20(12)8(5)13(24)25)16-10(22)6(18-26)9-17-14(15)28-19-9/h7,12,26H,2-3H2,1H3,(H,16,22)(H,24,25)(H2,15,17,19)/t7?,12-/m1/s1. The number of hydrogen-bond donors (Lipinski definition) is 4. The molecule has 1 aromatic heterocycles. The molecule has 2 atom stereocenters. The second-order valence-corrected chi connectivity index (χ2v) is 6.91. The summed E-state index contributed by atoms with van der Waals surface area (Å²) in [4.78, 5) is 52.0. The number of aromatic nitrogens is 2. The number of carbonyl (C=O) groups is 4. The molecule has 15 heteroatoms. The Hall–Kier alpha value is -3.62. The number of hydrogen-bond acceptors (Lipinski definition) is 12. The minimum atomic E-state index is -1.37. The van der Waals surface area contributed by atoms with Crippen LogP contribution in [0, 0.1) is 0 Å². The van der Waals surface area contributed by atoms with Gasteiger partial charge in [0.1, 0.15) is 23.7 Å². The number of nitrogens with one attached hydrogen (secondary N) is 1. The first-order valence-electron chi connectivity index (χ1n) is 7.90. The van der Waals surface area contributed by atoms with Crippen LogP contribution in [0.25, 0.3) is 0 Å². The molecule has 29 heavy (non-hydrogen) atoms. The van der Waals surface area contributed by atoms with E-state index in [1.807, 2.05) is 0 Å². The highest BCUT2D eigenvalue weighted by Crippen LogP contribution is 2.40. The summed E-state index contributed by atoms with van der Waals surface area (Å²) in [5.41, 5.74) is 4.58. The van der Waals surface area contributed by atoms with Gasteiger partial charge in [-0.2, -0.15) is 4.98 Å². The molecule has 2 amide bonds. The number of nitrogens with zero attached hydrogens (tertiary/aromatic N) is 4. The fraction of sp³-hybridized carbons (Fsp3) is 0.357. The number of anilines is 1. The van der Waals surface area contributed by atoms with Gasteiger partial charge in [0.25, 0.3) is 11.8 Å². The van der Waals surface area contributed by atoms with Crippen molar-refractivity contribution in [3.8, 4) is 0 Å². The van der Waals surface area contributed by atoms with E-state index in [9.17, 15) is 24.3 Å². The fourth-order valence-corrected chi connectivity index (χ4v) is 4.04. The van der Waals surface area contributed by atoms with Crippen LogP contribution in [0.15, 0.2) is 20.9 Å². The summed E-state index contributed by atoms with van der Waals surface area (Å²) in [6, 6.07) is -1.45. The molecule has 0 spiro atoms. The van der Waals surface area contributed by atoms with E-state index in [0.717, 1.165) is 4.90 Å². The summed E-state index contributed by atoms with van der Waals surface area (Å²) in [5.74, 6) is -3.87. The van der Waals surface area contributed by atoms with Gasteiger partial charge in [0, 0.05) is 18.2 Å². The molecule has 0 bridgehead atoms. The van der Waals surface area contributed by atoms with E-state index in [4.69, 9.17) is 15.7 Å². The van der Waals surface area contributed by atoms with Crippen LogP contribution in [0.2, 0.25) is 0 Å². The van der Waals surface area contributed by atoms with E-state index in [0.29, 0.717) is 0 Å². The van der Waals surface area contributed by atoms with Gasteiger partial charge in [-0.15, -0.1) is 11.8 Å². The van der Waals surface area contributed by atoms with Crippen molar-refractivity contribution in [1.29, 1.82) is 0 Å². The number of carboxylic acids is 1. The molecular weight excluding hydrogens is 412 g/mol. The summed E-state index contributed by atoms with van der Waals surface area (Å²) in [5, 5.41) is 26.3. The molecule has 2 aliphatic heterocycles. The first kappa shape index (κ1) is 20.1. The average molecular weight is 426 g/mol. The van der Waals surface area contributed by atoms with Crippen molar-refractivity contribution in [3.05, 3.63) is 17.1 Å². The van der Waals surface area contributed by atoms with Gasteiger partial charge in [0.15, 0.2) is 0 Å². The Morgan fingerprint density at radius 1 is 1.48 bits per heavy atom. The molecule has 0 aromatic carbocycles. The predicted molar refractivity (Wildman–Crippen MR) is 93.4 cm³/mol. The lowest BCUT2D eigenvalue weighted by Gasteiger charge is -2.49. The van der Waals surface area contributed by atoms with Crippen molar-refractivity contribution in [2.24, 2.45) is 5.16 Å². The Balaban J connectivity index is 1.76. The summed E-state index contributed by atoms with van der Waals surface area (Å²) >= 11 is 1.17. The number of ether oxygens (including phenoxy) is 1. The lowest BCUT2D eigenvalue weighted by atomic mass is 10.0. The number of rotatable bonds is 6. The minimum Gasteiger partial charge on any atom is -0.477 e. The number of oxime groups is 1. The summed E-state index contributed by atoms with van der Waals surface area (Å²) in [7, 11) is 0. The predicted octanol–water partition coefficient (Wildman–Crippen LogP) is -1.87. The number of aliphatic carboxylic acids is 1. The van der Waals surface area contributed by atoms with E-state index < -0.39 is 46.7 Å². The van der Waals surface area contributed by atoms with Crippen molar-refractivity contribution in [2.75, 3.05) is 18.1 Å². The van der Waals surface area contributed by atoms with Gasteiger partial charge in [0.05, 0.1) is 0 Å². The van der Waals surface area contributed by atoms with Gasteiger partial charge < -0.3 is 30.6 Å². The lowest BCUT2D eigenvalue weighted by Crippen LogP contribution is -2.71. The Kier molecular flexibility index (Phi) is 5.40. The molecule has 1 aromatic rings.